The number of aliphatic hydroxyl groups is 1. The molecule has 0 aliphatic heterocycles. The summed E-state index contributed by atoms with van der Waals surface area (Å²) in [5.41, 5.74) is 3.18. The zero-order valence-corrected chi connectivity index (χ0v) is 19.4. The molecule has 0 amide bonds. The van der Waals surface area contributed by atoms with Gasteiger partial charge in [0.05, 0.1) is 12.5 Å². The number of rotatable bonds is 11. The van der Waals surface area contributed by atoms with Crippen LogP contribution in [0.2, 0.25) is 0 Å². The van der Waals surface area contributed by atoms with Crippen LogP contribution in [0, 0.1) is 0 Å². The Hall–Kier alpha value is -3.03. The van der Waals surface area contributed by atoms with E-state index < -0.39 is 12.1 Å². The summed E-state index contributed by atoms with van der Waals surface area (Å²) in [6, 6.07) is 18.2. The van der Waals surface area contributed by atoms with Crippen LogP contribution in [0.4, 0.5) is 0 Å². The second-order valence-electron chi connectivity index (χ2n) is 9.20. The van der Waals surface area contributed by atoms with Crippen LogP contribution >= 0.6 is 0 Å². The lowest BCUT2D eigenvalue weighted by Gasteiger charge is -2.38. The van der Waals surface area contributed by atoms with Gasteiger partial charge >= 0.3 is 5.97 Å². The van der Waals surface area contributed by atoms with E-state index in [1.807, 2.05) is 24.3 Å². The lowest BCUT2D eigenvalue weighted by atomic mass is 9.67. The Balaban J connectivity index is 1.36. The van der Waals surface area contributed by atoms with Gasteiger partial charge in [0.2, 0.25) is 11.7 Å². The second-order valence-corrected chi connectivity index (χ2v) is 9.20. The van der Waals surface area contributed by atoms with Crippen LogP contribution in [0.25, 0.3) is 11.4 Å². The summed E-state index contributed by atoms with van der Waals surface area (Å²) in [7, 11) is 0. The van der Waals surface area contributed by atoms with Gasteiger partial charge in [0, 0.05) is 25.1 Å². The first-order valence-electron chi connectivity index (χ1n) is 12.1. The molecule has 4 rings (SSSR count). The molecule has 0 saturated heterocycles. The van der Waals surface area contributed by atoms with Crippen molar-refractivity contribution in [3.63, 3.8) is 0 Å². The number of hydrogen-bond acceptors (Lipinski definition) is 6. The monoisotopic (exact) mass is 463 g/mol. The number of hydrogen-bond donors (Lipinski definition) is 3. The molecule has 1 fully saturated rings. The van der Waals surface area contributed by atoms with E-state index in [0.717, 1.165) is 24.0 Å². The van der Waals surface area contributed by atoms with Crippen molar-refractivity contribution in [1.82, 2.24) is 15.5 Å². The van der Waals surface area contributed by atoms with Gasteiger partial charge in [-0.1, -0.05) is 79.0 Å². The molecule has 3 aromatic rings. The van der Waals surface area contributed by atoms with Gasteiger partial charge in [0.1, 0.15) is 0 Å². The van der Waals surface area contributed by atoms with Gasteiger partial charge in [0.25, 0.3) is 0 Å². The molecule has 1 aliphatic rings. The minimum atomic E-state index is -0.861. The van der Waals surface area contributed by atoms with Crippen LogP contribution < -0.4 is 5.32 Å². The van der Waals surface area contributed by atoms with Crippen LogP contribution in [0.1, 0.15) is 68.1 Å². The van der Waals surface area contributed by atoms with Gasteiger partial charge in [-0.3, -0.25) is 4.79 Å². The minimum absolute atomic E-state index is 0.0261. The lowest BCUT2D eigenvalue weighted by molar-refractivity contribution is -0.136. The predicted molar refractivity (Wildman–Crippen MR) is 129 cm³/mol. The Labute approximate surface area is 200 Å². The number of aromatic nitrogens is 2. The largest absolute Gasteiger partial charge is 0.481 e. The van der Waals surface area contributed by atoms with Crippen molar-refractivity contribution >= 4 is 5.97 Å². The third-order valence-electron chi connectivity index (χ3n) is 6.89. The lowest BCUT2D eigenvalue weighted by Crippen LogP contribution is -2.29. The Morgan fingerprint density at radius 3 is 2.50 bits per heavy atom. The third-order valence-corrected chi connectivity index (χ3v) is 6.89. The topological polar surface area (TPSA) is 108 Å². The summed E-state index contributed by atoms with van der Waals surface area (Å²) in [5.74, 6) is 0.343. The van der Waals surface area contributed by atoms with Gasteiger partial charge in [0.15, 0.2) is 0 Å². The molecule has 1 aliphatic carbocycles. The fourth-order valence-electron chi connectivity index (χ4n) is 4.93. The van der Waals surface area contributed by atoms with Crippen molar-refractivity contribution in [3.05, 3.63) is 71.6 Å². The normalized spacial score (nSPS) is 16.3. The molecule has 7 nitrogen and oxygen atoms in total. The Morgan fingerprint density at radius 2 is 1.79 bits per heavy atom. The van der Waals surface area contributed by atoms with Crippen molar-refractivity contribution in [2.45, 2.75) is 62.9 Å². The van der Waals surface area contributed by atoms with E-state index >= 15 is 0 Å². The second kappa shape index (κ2) is 11.4. The number of aryl methyl sites for hydroxylation is 1. The summed E-state index contributed by atoms with van der Waals surface area (Å²) in [4.78, 5) is 15.2. The molecule has 0 radical (unpaired) electrons. The standard InChI is InChI=1S/C27H33N3O4/c31-23(19-28-18-14-25(32)33)20-9-11-21(12-10-20)26-29-24(34-30-26)13-17-27(15-5-2-6-16-27)22-7-3-1-4-8-22/h1,3-4,7-12,23,28,31H,2,5-6,13-19H2,(H,32,33). The molecule has 7 heteroatoms. The van der Waals surface area contributed by atoms with E-state index in [2.05, 4.69) is 45.8 Å². The van der Waals surface area contributed by atoms with Gasteiger partial charge in [-0.2, -0.15) is 4.98 Å². The molecule has 1 atom stereocenters. The molecule has 1 aromatic heterocycles. The van der Waals surface area contributed by atoms with Crippen molar-refractivity contribution in [2.75, 3.05) is 13.1 Å². The highest BCUT2D eigenvalue weighted by Gasteiger charge is 2.34. The maximum atomic E-state index is 10.6. The first kappa shape index (κ1) is 24.1. The highest BCUT2D eigenvalue weighted by molar-refractivity contribution is 5.66. The van der Waals surface area contributed by atoms with Gasteiger partial charge in [-0.15, -0.1) is 0 Å². The van der Waals surface area contributed by atoms with E-state index in [9.17, 15) is 9.90 Å². The summed E-state index contributed by atoms with van der Waals surface area (Å²) in [5, 5.41) is 26.1. The molecule has 0 spiro atoms. The number of nitrogens with one attached hydrogen (secondary N) is 1. The summed E-state index contributed by atoms with van der Waals surface area (Å²) >= 11 is 0. The zero-order valence-electron chi connectivity index (χ0n) is 19.4. The van der Waals surface area contributed by atoms with Gasteiger partial charge < -0.3 is 20.1 Å². The van der Waals surface area contributed by atoms with Crippen molar-refractivity contribution in [1.29, 1.82) is 0 Å². The van der Waals surface area contributed by atoms with E-state index in [4.69, 9.17) is 9.63 Å². The summed E-state index contributed by atoms with van der Waals surface area (Å²) in [6.07, 6.45) is 7.29. The number of carboxylic acid groups (broad SMARTS) is 1. The fraction of sp³-hybridized carbons (Fsp3) is 0.444. The first-order chi connectivity index (χ1) is 16.6. The Bertz CT molecular complexity index is 1040. The molecule has 34 heavy (non-hydrogen) atoms. The van der Waals surface area contributed by atoms with E-state index in [-0.39, 0.29) is 11.8 Å². The minimum Gasteiger partial charge on any atom is -0.481 e. The predicted octanol–water partition coefficient (Wildman–Crippen LogP) is 4.67. The molecular weight excluding hydrogens is 430 g/mol. The molecule has 0 bridgehead atoms. The quantitative estimate of drug-likeness (QED) is 0.355. The van der Waals surface area contributed by atoms with Crippen molar-refractivity contribution in [2.24, 2.45) is 0 Å². The number of aliphatic carboxylic acids is 1. The fourth-order valence-corrected chi connectivity index (χ4v) is 4.93. The average molecular weight is 464 g/mol. The van der Waals surface area contributed by atoms with Crippen LogP contribution in [0.15, 0.2) is 59.1 Å². The SMILES string of the molecule is O=C(O)CCNCC(O)c1ccc(-c2noc(CCC3(c4ccccc4)CCCCC3)n2)cc1. The summed E-state index contributed by atoms with van der Waals surface area (Å²) in [6.45, 7) is 0.615. The number of carbonyl (C=O) groups is 1. The van der Waals surface area contributed by atoms with E-state index in [1.54, 1.807) is 0 Å². The van der Waals surface area contributed by atoms with Crippen LogP contribution in [-0.4, -0.2) is 39.4 Å². The number of aliphatic hydroxyl groups excluding tert-OH is 1. The molecule has 1 saturated carbocycles. The maximum absolute atomic E-state index is 10.6. The highest BCUT2D eigenvalue weighted by atomic mass is 16.5. The average Bonchev–Trinajstić information content (AvgIpc) is 3.35. The molecule has 1 heterocycles. The third kappa shape index (κ3) is 6.10. The van der Waals surface area contributed by atoms with Gasteiger partial charge in [-0.25, -0.2) is 0 Å². The molecular formula is C27H33N3O4. The highest BCUT2D eigenvalue weighted by Crippen LogP contribution is 2.42. The van der Waals surface area contributed by atoms with Crippen LogP contribution in [-0.2, 0) is 16.6 Å². The molecule has 1 unspecified atom stereocenters. The zero-order chi connectivity index (χ0) is 23.8. The van der Waals surface area contributed by atoms with Crippen molar-refractivity contribution < 1.29 is 19.5 Å². The molecule has 2 aromatic carbocycles. The number of carboxylic acids is 1. The first-order valence-corrected chi connectivity index (χ1v) is 12.1. The van der Waals surface area contributed by atoms with Crippen LogP contribution in [0.3, 0.4) is 0 Å². The number of benzene rings is 2. The Morgan fingerprint density at radius 1 is 1.06 bits per heavy atom. The van der Waals surface area contributed by atoms with Gasteiger partial charge in [-0.05, 0) is 35.8 Å². The van der Waals surface area contributed by atoms with Crippen LogP contribution in [0.5, 0.6) is 0 Å². The van der Waals surface area contributed by atoms with E-state index in [1.165, 1.54) is 37.7 Å². The number of nitrogens with zero attached hydrogens (tertiary/aromatic N) is 2. The molecule has 180 valence electrons. The summed E-state index contributed by atoms with van der Waals surface area (Å²) < 4.78 is 5.59. The van der Waals surface area contributed by atoms with E-state index in [0.29, 0.717) is 24.8 Å². The maximum Gasteiger partial charge on any atom is 0.304 e. The molecule has 3 N–H and O–H groups in total. The Kier molecular flexibility index (Phi) is 8.08. The van der Waals surface area contributed by atoms with Crippen molar-refractivity contribution in [3.8, 4) is 11.4 Å². The smallest absolute Gasteiger partial charge is 0.304 e.